The number of amides is 2. The fourth-order valence-electron chi connectivity index (χ4n) is 1.87. The molecule has 2 amide bonds. The van der Waals surface area contributed by atoms with Gasteiger partial charge in [0.15, 0.2) is 6.10 Å². The number of carbonyl (C=O) groups excluding carboxylic acids is 2. The van der Waals surface area contributed by atoms with Crippen LogP contribution in [0, 0.1) is 5.82 Å². The minimum atomic E-state index is -0.881. The van der Waals surface area contributed by atoms with Gasteiger partial charge in [-0.25, -0.2) is 4.39 Å². The van der Waals surface area contributed by atoms with E-state index in [1.165, 1.54) is 38.3 Å². The number of nitrogens with one attached hydrogen (secondary N) is 2. The number of ether oxygens (including phenoxy) is 2. The van der Waals surface area contributed by atoms with Crippen LogP contribution in [0.4, 0.5) is 4.39 Å². The minimum absolute atomic E-state index is 0.333. The summed E-state index contributed by atoms with van der Waals surface area (Å²) in [4.78, 5) is 24.0. The van der Waals surface area contributed by atoms with Gasteiger partial charge in [-0.05, 0) is 65.3 Å². The fourth-order valence-corrected chi connectivity index (χ4v) is 2.41. The van der Waals surface area contributed by atoms with Crippen LogP contribution >= 0.6 is 15.9 Å². The highest BCUT2D eigenvalue weighted by Crippen LogP contribution is 2.25. The summed E-state index contributed by atoms with van der Waals surface area (Å²) in [5.41, 5.74) is 4.91. The quantitative estimate of drug-likeness (QED) is 0.743. The van der Waals surface area contributed by atoms with Crippen molar-refractivity contribution in [3.05, 3.63) is 58.3 Å². The van der Waals surface area contributed by atoms with Crippen LogP contribution in [0.1, 0.15) is 17.3 Å². The van der Waals surface area contributed by atoms with Crippen LogP contribution in [0.15, 0.2) is 46.9 Å². The lowest BCUT2D eigenvalue weighted by atomic mass is 10.2. The number of benzene rings is 2. The summed E-state index contributed by atoms with van der Waals surface area (Å²) in [6, 6.07) is 10.0. The van der Waals surface area contributed by atoms with E-state index in [0.29, 0.717) is 21.5 Å². The molecule has 1 atom stereocenters. The molecule has 25 heavy (non-hydrogen) atoms. The largest absolute Gasteiger partial charge is 0.496 e. The first kappa shape index (κ1) is 18.7. The number of hydrazine groups is 1. The SMILES string of the molecule is COc1ccc(C(=O)NNC(=O)[C@H](C)Oc2ccc(F)cc2)cc1Br. The summed E-state index contributed by atoms with van der Waals surface area (Å²) in [6.07, 6.45) is -0.881. The summed E-state index contributed by atoms with van der Waals surface area (Å²) in [7, 11) is 1.52. The van der Waals surface area contributed by atoms with Crippen molar-refractivity contribution < 1.29 is 23.5 Å². The molecule has 2 aromatic carbocycles. The van der Waals surface area contributed by atoms with Crippen LogP contribution in [-0.4, -0.2) is 25.0 Å². The lowest BCUT2D eigenvalue weighted by Crippen LogP contribution is -2.47. The molecular weight excluding hydrogens is 395 g/mol. The molecule has 0 aliphatic rings. The van der Waals surface area contributed by atoms with Gasteiger partial charge >= 0.3 is 0 Å². The number of rotatable bonds is 5. The van der Waals surface area contributed by atoms with Gasteiger partial charge in [-0.3, -0.25) is 20.4 Å². The van der Waals surface area contributed by atoms with Crippen molar-refractivity contribution in [2.45, 2.75) is 13.0 Å². The average Bonchev–Trinajstić information content (AvgIpc) is 2.61. The van der Waals surface area contributed by atoms with Gasteiger partial charge in [0.05, 0.1) is 11.6 Å². The molecule has 8 heteroatoms. The second kappa shape index (κ2) is 8.48. The highest BCUT2D eigenvalue weighted by atomic mass is 79.9. The summed E-state index contributed by atoms with van der Waals surface area (Å²) in [5.74, 6) is -0.519. The Morgan fingerprint density at radius 2 is 1.80 bits per heavy atom. The van der Waals surface area contributed by atoms with E-state index < -0.39 is 23.7 Å². The summed E-state index contributed by atoms with van der Waals surface area (Å²) >= 11 is 3.28. The van der Waals surface area contributed by atoms with Crippen molar-refractivity contribution in [2.75, 3.05) is 7.11 Å². The second-order valence-corrected chi connectivity index (χ2v) is 5.86. The van der Waals surface area contributed by atoms with Crippen molar-refractivity contribution in [2.24, 2.45) is 0 Å². The topological polar surface area (TPSA) is 76.7 Å². The molecule has 0 saturated heterocycles. The smallest absolute Gasteiger partial charge is 0.279 e. The molecule has 0 aromatic heterocycles. The Morgan fingerprint density at radius 1 is 1.12 bits per heavy atom. The fraction of sp³-hybridized carbons (Fsp3) is 0.176. The van der Waals surface area contributed by atoms with E-state index in [1.54, 1.807) is 18.2 Å². The van der Waals surface area contributed by atoms with Gasteiger partial charge < -0.3 is 9.47 Å². The number of hydrogen-bond donors (Lipinski definition) is 2. The Morgan fingerprint density at radius 3 is 2.40 bits per heavy atom. The molecule has 0 saturated carbocycles. The highest BCUT2D eigenvalue weighted by molar-refractivity contribution is 9.10. The third kappa shape index (κ3) is 5.18. The molecule has 0 heterocycles. The molecule has 0 fully saturated rings. The van der Waals surface area contributed by atoms with Gasteiger partial charge in [-0.15, -0.1) is 0 Å². The molecule has 0 spiro atoms. The molecule has 0 bridgehead atoms. The second-order valence-electron chi connectivity index (χ2n) is 5.01. The lowest BCUT2D eigenvalue weighted by Gasteiger charge is -2.15. The molecule has 0 aliphatic heterocycles. The van der Waals surface area contributed by atoms with Gasteiger partial charge in [0, 0.05) is 5.56 Å². The zero-order valence-electron chi connectivity index (χ0n) is 13.5. The monoisotopic (exact) mass is 410 g/mol. The van der Waals surface area contributed by atoms with Crippen molar-refractivity contribution in [1.82, 2.24) is 10.9 Å². The molecule has 132 valence electrons. The molecule has 2 rings (SSSR count). The van der Waals surface area contributed by atoms with Crippen LogP contribution < -0.4 is 20.3 Å². The predicted octanol–water partition coefficient (Wildman–Crippen LogP) is 2.83. The van der Waals surface area contributed by atoms with Crippen LogP contribution in [0.5, 0.6) is 11.5 Å². The van der Waals surface area contributed by atoms with E-state index in [2.05, 4.69) is 26.8 Å². The number of carbonyl (C=O) groups is 2. The first-order valence-corrected chi connectivity index (χ1v) is 8.06. The van der Waals surface area contributed by atoms with E-state index in [1.807, 2.05) is 0 Å². The average molecular weight is 411 g/mol. The number of hydrogen-bond acceptors (Lipinski definition) is 4. The van der Waals surface area contributed by atoms with Gasteiger partial charge in [0.25, 0.3) is 11.8 Å². The minimum Gasteiger partial charge on any atom is -0.496 e. The first-order valence-electron chi connectivity index (χ1n) is 7.26. The van der Waals surface area contributed by atoms with Gasteiger partial charge in [0.2, 0.25) is 0 Å². The molecule has 0 radical (unpaired) electrons. The highest BCUT2D eigenvalue weighted by Gasteiger charge is 2.16. The van der Waals surface area contributed by atoms with Gasteiger partial charge in [-0.2, -0.15) is 0 Å². The number of methoxy groups -OCH3 is 1. The molecule has 2 aromatic rings. The Labute approximate surface area is 152 Å². The van der Waals surface area contributed by atoms with Gasteiger partial charge in [0.1, 0.15) is 17.3 Å². The maximum atomic E-state index is 12.8. The van der Waals surface area contributed by atoms with Gasteiger partial charge in [-0.1, -0.05) is 0 Å². The Bertz CT molecular complexity index is 768. The van der Waals surface area contributed by atoms with Crippen LogP contribution in [-0.2, 0) is 4.79 Å². The maximum Gasteiger partial charge on any atom is 0.279 e. The summed E-state index contributed by atoms with van der Waals surface area (Å²) < 4.78 is 23.9. The first-order chi connectivity index (χ1) is 11.9. The van der Waals surface area contributed by atoms with E-state index in [9.17, 15) is 14.0 Å². The molecule has 0 aliphatic carbocycles. The van der Waals surface area contributed by atoms with Crippen LogP contribution in [0.3, 0.4) is 0 Å². The maximum absolute atomic E-state index is 12.8. The summed E-state index contributed by atoms with van der Waals surface area (Å²) in [6.45, 7) is 1.51. The van der Waals surface area contributed by atoms with E-state index >= 15 is 0 Å². The van der Waals surface area contributed by atoms with E-state index in [4.69, 9.17) is 9.47 Å². The standard InChI is InChI=1S/C17H16BrFN2O4/c1-10(25-13-6-4-12(19)5-7-13)16(22)20-21-17(23)11-3-8-15(24-2)14(18)9-11/h3-10H,1-2H3,(H,20,22)(H,21,23)/t10-/m0/s1. The molecular formula is C17H16BrFN2O4. The Balaban J connectivity index is 1.89. The van der Waals surface area contributed by atoms with Crippen molar-refractivity contribution in [1.29, 1.82) is 0 Å². The van der Waals surface area contributed by atoms with E-state index in [-0.39, 0.29) is 0 Å². The van der Waals surface area contributed by atoms with Crippen molar-refractivity contribution in [3.63, 3.8) is 0 Å². The third-order valence-electron chi connectivity index (χ3n) is 3.21. The zero-order valence-corrected chi connectivity index (χ0v) is 15.1. The molecule has 2 N–H and O–H groups in total. The molecule has 0 unspecified atom stereocenters. The Hall–Kier alpha value is -2.61. The molecule has 6 nitrogen and oxygen atoms in total. The van der Waals surface area contributed by atoms with Crippen LogP contribution in [0.25, 0.3) is 0 Å². The Kier molecular flexibility index (Phi) is 6.35. The summed E-state index contributed by atoms with van der Waals surface area (Å²) in [5, 5.41) is 0. The number of halogens is 2. The predicted molar refractivity (Wildman–Crippen MR) is 92.8 cm³/mol. The van der Waals surface area contributed by atoms with Crippen molar-refractivity contribution in [3.8, 4) is 11.5 Å². The van der Waals surface area contributed by atoms with E-state index in [0.717, 1.165) is 0 Å². The van der Waals surface area contributed by atoms with Crippen LogP contribution in [0.2, 0.25) is 0 Å². The third-order valence-corrected chi connectivity index (χ3v) is 3.83. The normalized spacial score (nSPS) is 11.4. The van der Waals surface area contributed by atoms with Crippen molar-refractivity contribution >= 4 is 27.7 Å². The lowest BCUT2D eigenvalue weighted by molar-refractivity contribution is -0.128. The zero-order chi connectivity index (χ0) is 18.4.